The maximum Gasteiger partial charge on any atom is 0.203 e. The highest BCUT2D eigenvalue weighted by Crippen LogP contribution is 2.39. The highest BCUT2D eigenvalue weighted by Gasteiger charge is 2.30. The van der Waals surface area contributed by atoms with E-state index in [1.165, 1.54) is 0 Å². The molecule has 0 amide bonds. The van der Waals surface area contributed by atoms with E-state index in [0.717, 1.165) is 0 Å². The van der Waals surface area contributed by atoms with E-state index in [0.29, 0.717) is 30.1 Å². The molecule has 1 saturated carbocycles. The Labute approximate surface area is 94.8 Å². The van der Waals surface area contributed by atoms with Crippen LogP contribution >= 0.6 is 0 Å². The minimum Gasteiger partial charge on any atom is -0.493 e. The summed E-state index contributed by atoms with van der Waals surface area (Å²) in [5.74, 6) is 1.92. The standard InChI is InChI=1S/C12H16O4/c1-14-10-4-3-5-11(15-2)12(10)16-9-6-8(13)7-9/h3-5,8-9,13H,6-7H2,1-2H3. The fraction of sp³-hybridized carbons (Fsp3) is 0.500. The highest BCUT2D eigenvalue weighted by molar-refractivity contribution is 5.51. The van der Waals surface area contributed by atoms with E-state index in [2.05, 4.69) is 0 Å². The zero-order valence-electron chi connectivity index (χ0n) is 9.47. The lowest BCUT2D eigenvalue weighted by atomic mass is 9.92. The minimum absolute atomic E-state index is 0.0557. The Balaban J connectivity index is 2.16. The van der Waals surface area contributed by atoms with Crippen LogP contribution in [-0.4, -0.2) is 31.5 Å². The van der Waals surface area contributed by atoms with Gasteiger partial charge in [0.2, 0.25) is 5.75 Å². The van der Waals surface area contributed by atoms with Gasteiger partial charge >= 0.3 is 0 Å². The van der Waals surface area contributed by atoms with Gasteiger partial charge in [-0.1, -0.05) is 6.07 Å². The smallest absolute Gasteiger partial charge is 0.203 e. The van der Waals surface area contributed by atoms with Gasteiger partial charge in [-0.25, -0.2) is 0 Å². The normalized spacial score (nSPS) is 23.4. The first-order valence-corrected chi connectivity index (χ1v) is 5.30. The van der Waals surface area contributed by atoms with Crippen molar-refractivity contribution in [3.05, 3.63) is 18.2 Å². The van der Waals surface area contributed by atoms with Crippen LogP contribution in [-0.2, 0) is 0 Å². The molecule has 0 bridgehead atoms. The molecular formula is C12H16O4. The molecule has 0 radical (unpaired) electrons. The van der Waals surface area contributed by atoms with Crippen LogP contribution in [0.4, 0.5) is 0 Å². The Morgan fingerprint density at radius 2 is 1.69 bits per heavy atom. The second-order valence-electron chi connectivity index (χ2n) is 3.86. The van der Waals surface area contributed by atoms with Crippen molar-refractivity contribution in [3.63, 3.8) is 0 Å². The van der Waals surface area contributed by atoms with Crippen LogP contribution < -0.4 is 14.2 Å². The molecule has 1 aromatic carbocycles. The van der Waals surface area contributed by atoms with Crippen molar-refractivity contribution in [2.45, 2.75) is 25.0 Å². The van der Waals surface area contributed by atoms with Crippen molar-refractivity contribution in [3.8, 4) is 17.2 Å². The van der Waals surface area contributed by atoms with Gasteiger partial charge < -0.3 is 19.3 Å². The molecule has 0 atom stereocenters. The van der Waals surface area contributed by atoms with Gasteiger partial charge in [0.25, 0.3) is 0 Å². The lowest BCUT2D eigenvalue weighted by Gasteiger charge is -2.32. The number of hydrogen-bond acceptors (Lipinski definition) is 4. The van der Waals surface area contributed by atoms with Gasteiger partial charge in [-0.3, -0.25) is 0 Å². The van der Waals surface area contributed by atoms with Gasteiger partial charge in [0.05, 0.1) is 20.3 Å². The summed E-state index contributed by atoms with van der Waals surface area (Å²) in [7, 11) is 3.19. The lowest BCUT2D eigenvalue weighted by Crippen LogP contribution is -2.37. The van der Waals surface area contributed by atoms with E-state index in [4.69, 9.17) is 14.2 Å². The maximum atomic E-state index is 9.21. The van der Waals surface area contributed by atoms with E-state index in [-0.39, 0.29) is 12.2 Å². The molecule has 0 aromatic heterocycles. The second-order valence-corrected chi connectivity index (χ2v) is 3.86. The topological polar surface area (TPSA) is 47.9 Å². The largest absolute Gasteiger partial charge is 0.493 e. The zero-order valence-corrected chi connectivity index (χ0v) is 9.47. The molecule has 4 nitrogen and oxygen atoms in total. The number of benzene rings is 1. The third-order valence-corrected chi connectivity index (χ3v) is 2.74. The summed E-state index contributed by atoms with van der Waals surface area (Å²) in [5.41, 5.74) is 0. The SMILES string of the molecule is COc1cccc(OC)c1OC1CC(O)C1. The first-order chi connectivity index (χ1) is 7.74. The summed E-state index contributed by atoms with van der Waals surface area (Å²) >= 11 is 0. The van der Waals surface area contributed by atoms with Crippen molar-refractivity contribution < 1.29 is 19.3 Å². The number of methoxy groups -OCH3 is 2. The van der Waals surface area contributed by atoms with Crippen molar-refractivity contribution in [1.29, 1.82) is 0 Å². The van der Waals surface area contributed by atoms with Crippen LogP contribution in [0.3, 0.4) is 0 Å². The van der Waals surface area contributed by atoms with Crippen LogP contribution in [0.1, 0.15) is 12.8 Å². The average molecular weight is 224 g/mol. The third kappa shape index (κ3) is 2.07. The van der Waals surface area contributed by atoms with Crippen molar-refractivity contribution in [1.82, 2.24) is 0 Å². The molecule has 0 heterocycles. The Bertz CT molecular complexity index is 336. The summed E-state index contributed by atoms with van der Waals surface area (Å²) in [6.07, 6.45) is 1.16. The minimum atomic E-state index is -0.231. The van der Waals surface area contributed by atoms with Gasteiger partial charge in [0, 0.05) is 12.8 Å². The predicted octanol–water partition coefficient (Wildman–Crippen LogP) is 1.61. The quantitative estimate of drug-likeness (QED) is 0.844. The predicted molar refractivity (Wildman–Crippen MR) is 59.2 cm³/mol. The van der Waals surface area contributed by atoms with E-state index < -0.39 is 0 Å². The fourth-order valence-electron chi connectivity index (χ4n) is 1.73. The number of aliphatic hydroxyl groups is 1. The summed E-state index contributed by atoms with van der Waals surface area (Å²) < 4.78 is 16.2. The molecule has 1 N–H and O–H groups in total. The van der Waals surface area contributed by atoms with Gasteiger partial charge in [-0.15, -0.1) is 0 Å². The monoisotopic (exact) mass is 224 g/mol. The van der Waals surface area contributed by atoms with Gasteiger partial charge in [-0.05, 0) is 12.1 Å². The van der Waals surface area contributed by atoms with Crippen molar-refractivity contribution in [2.24, 2.45) is 0 Å². The van der Waals surface area contributed by atoms with Crippen LogP contribution in [0, 0.1) is 0 Å². The number of rotatable bonds is 4. The molecule has 0 unspecified atom stereocenters. The number of aliphatic hydroxyl groups excluding tert-OH is 1. The Hall–Kier alpha value is -1.42. The van der Waals surface area contributed by atoms with Gasteiger partial charge in [0.1, 0.15) is 6.10 Å². The first kappa shape index (κ1) is 11.1. The molecule has 1 aliphatic rings. The second kappa shape index (κ2) is 4.61. The molecule has 88 valence electrons. The molecule has 1 aliphatic carbocycles. The van der Waals surface area contributed by atoms with Gasteiger partial charge in [-0.2, -0.15) is 0 Å². The summed E-state index contributed by atoms with van der Waals surface area (Å²) in [5, 5.41) is 9.21. The van der Waals surface area contributed by atoms with Gasteiger partial charge in [0.15, 0.2) is 11.5 Å². The molecule has 1 fully saturated rings. The summed E-state index contributed by atoms with van der Waals surface area (Å²) in [6.45, 7) is 0. The lowest BCUT2D eigenvalue weighted by molar-refractivity contribution is -0.0128. The number of para-hydroxylation sites is 1. The van der Waals surface area contributed by atoms with E-state index in [1.54, 1.807) is 14.2 Å². The Morgan fingerprint density at radius 3 is 2.12 bits per heavy atom. The fourth-order valence-corrected chi connectivity index (χ4v) is 1.73. The maximum absolute atomic E-state index is 9.21. The van der Waals surface area contributed by atoms with E-state index >= 15 is 0 Å². The molecular weight excluding hydrogens is 208 g/mol. The number of ether oxygens (including phenoxy) is 3. The Morgan fingerprint density at radius 1 is 1.12 bits per heavy atom. The average Bonchev–Trinajstić information content (AvgIpc) is 2.27. The van der Waals surface area contributed by atoms with E-state index in [1.807, 2.05) is 18.2 Å². The van der Waals surface area contributed by atoms with Crippen LogP contribution in [0.25, 0.3) is 0 Å². The molecule has 0 spiro atoms. The van der Waals surface area contributed by atoms with Crippen LogP contribution in [0.2, 0.25) is 0 Å². The summed E-state index contributed by atoms with van der Waals surface area (Å²) in [4.78, 5) is 0. The first-order valence-electron chi connectivity index (χ1n) is 5.30. The van der Waals surface area contributed by atoms with Crippen molar-refractivity contribution in [2.75, 3.05) is 14.2 Å². The zero-order chi connectivity index (χ0) is 11.5. The van der Waals surface area contributed by atoms with Crippen molar-refractivity contribution >= 4 is 0 Å². The number of hydrogen-bond donors (Lipinski definition) is 1. The molecule has 16 heavy (non-hydrogen) atoms. The van der Waals surface area contributed by atoms with E-state index in [9.17, 15) is 5.11 Å². The Kier molecular flexibility index (Phi) is 3.19. The third-order valence-electron chi connectivity index (χ3n) is 2.74. The molecule has 2 rings (SSSR count). The van der Waals surface area contributed by atoms with Crippen LogP contribution in [0.15, 0.2) is 18.2 Å². The molecule has 1 aromatic rings. The summed E-state index contributed by atoms with van der Waals surface area (Å²) in [6, 6.07) is 5.50. The highest BCUT2D eigenvalue weighted by atomic mass is 16.5. The van der Waals surface area contributed by atoms with Crippen LogP contribution in [0.5, 0.6) is 17.2 Å². The molecule has 0 saturated heterocycles. The molecule has 4 heteroatoms. The molecule has 0 aliphatic heterocycles.